The van der Waals surface area contributed by atoms with Crippen molar-refractivity contribution < 1.29 is 22.8 Å². The highest BCUT2D eigenvalue weighted by atomic mass is 35.5. The van der Waals surface area contributed by atoms with Crippen LogP contribution in [0.1, 0.15) is 41.3 Å². The molecular formula is C27H24ClF3N4O2. The largest absolute Gasteiger partial charge is 0.416 e. The Kier molecular flexibility index (Phi) is 6.35. The van der Waals surface area contributed by atoms with Crippen molar-refractivity contribution in [1.82, 2.24) is 9.88 Å². The molecular weight excluding hydrogens is 505 g/mol. The van der Waals surface area contributed by atoms with Gasteiger partial charge in [-0.2, -0.15) is 13.2 Å². The Hall–Kier alpha value is -3.59. The summed E-state index contributed by atoms with van der Waals surface area (Å²) in [5.41, 5.74) is 0.958. The van der Waals surface area contributed by atoms with Crippen molar-refractivity contribution in [2.75, 3.05) is 29.9 Å². The van der Waals surface area contributed by atoms with Crippen molar-refractivity contribution in [3.8, 4) is 0 Å². The van der Waals surface area contributed by atoms with Gasteiger partial charge in [0, 0.05) is 54.6 Å². The van der Waals surface area contributed by atoms with Crippen LogP contribution in [0.25, 0.3) is 0 Å². The van der Waals surface area contributed by atoms with Crippen molar-refractivity contribution in [2.45, 2.75) is 31.4 Å². The predicted octanol–water partition coefficient (Wildman–Crippen LogP) is 6.04. The van der Waals surface area contributed by atoms with Gasteiger partial charge < -0.3 is 15.1 Å². The highest BCUT2D eigenvalue weighted by Gasteiger charge is 2.47. The summed E-state index contributed by atoms with van der Waals surface area (Å²) in [5.74, 6) is -0.139. The standard InChI is InChI=1S/C27H24ClF3N4O2/c1-17(36)34-12-9-26(10-13-34)16-35(23-8-7-19(28)15-22(23)26)25(37)21-6-3-11-32-24(21)33-20-5-2-4-18(14-20)27(29,30)31/h2-8,11,14-15H,9-10,12-13,16H2,1H3,(H,32,33). The smallest absolute Gasteiger partial charge is 0.343 e. The van der Waals surface area contributed by atoms with Gasteiger partial charge in [-0.3, -0.25) is 9.59 Å². The number of anilines is 3. The zero-order valence-electron chi connectivity index (χ0n) is 20.0. The average Bonchev–Trinajstić information content (AvgIpc) is 3.17. The first-order valence-electron chi connectivity index (χ1n) is 11.8. The van der Waals surface area contributed by atoms with Gasteiger partial charge in [-0.1, -0.05) is 17.7 Å². The van der Waals surface area contributed by atoms with E-state index in [1.54, 1.807) is 34.9 Å². The van der Waals surface area contributed by atoms with Gasteiger partial charge in [0.25, 0.3) is 5.91 Å². The van der Waals surface area contributed by atoms with Gasteiger partial charge in [0.05, 0.1) is 11.1 Å². The Labute approximate surface area is 217 Å². The lowest BCUT2D eigenvalue weighted by molar-refractivity contribution is -0.137. The first kappa shape index (κ1) is 25.1. The van der Waals surface area contributed by atoms with Crippen molar-refractivity contribution in [1.29, 1.82) is 0 Å². The zero-order valence-corrected chi connectivity index (χ0v) is 20.7. The number of nitrogens with zero attached hydrogens (tertiary/aromatic N) is 3. The highest BCUT2D eigenvalue weighted by molar-refractivity contribution is 6.30. The highest BCUT2D eigenvalue weighted by Crippen LogP contribution is 2.48. The summed E-state index contributed by atoms with van der Waals surface area (Å²) in [6.07, 6.45) is -1.64. The topological polar surface area (TPSA) is 65.5 Å². The number of likely N-dealkylation sites (tertiary alicyclic amines) is 1. The first-order valence-corrected chi connectivity index (χ1v) is 12.2. The number of piperidine rings is 1. The molecule has 2 amide bonds. The lowest BCUT2D eigenvalue weighted by atomic mass is 9.74. The molecule has 6 nitrogen and oxygen atoms in total. The van der Waals surface area contributed by atoms with E-state index < -0.39 is 11.7 Å². The molecule has 2 aromatic carbocycles. The summed E-state index contributed by atoms with van der Waals surface area (Å²) in [6, 6.07) is 13.4. The maximum absolute atomic E-state index is 13.9. The molecule has 10 heteroatoms. The molecule has 0 bridgehead atoms. The summed E-state index contributed by atoms with van der Waals surface area (Å²) < 4.78 is 39.6. The molecule has 1 saturated heterocycles. The van der Waals surface area contributed by atoms with E-state index in [0.717, 1.165) is 23.4 Å². The maximum atomic E-state index is 13.9. The minimum atomic E-state index is -4.49. The molecule has 1 aromatic heterocycles. The monoisotopic (exact) mass is 528 g/mol. The SMILES string of the molecule is CC(=O)N1CCC2(CC1)CN(C(=O)c1cccnc1Nc1cccc(C(F)(F)F)c1)c1ccc(Cl)cc12. The molecule has 5 rings (SSSR count). The number of fused-ring (bicyclic) bond motifs is 2. The second-order valence-electron chi connectivity index (χ2n) is 9.44. The van der Waals surface area contributed by atoms with Crippen molar-refractivity contribution in [3.05, 3.63) is 82.5 Å². The minimum absolute atomic E-state index is 0.0211. The second kappa shape index (κ2) is 9.37. The van der Waals surface area contributed by atoms with Gasteiger partial charge in [0.15, 0.2) is 0 Å². The van der Waals surface area contributed by atoms with Gasteiger partial charge in [-0.05, 0) is 66.9 Å². The molecule has 3 heterocycles. The summed E-state index contributed by atoms with van der Waals surface area (Å²) >= 11 is 6.34. The fourth-order valence-corrected chi connectivity index (χ4v) is 5.40. The summed E-state index contributed by atoms with van der Waals surface area (Å²) in [5, 5.41) is 3.45. The fourth-order valence-electron chi connectivity index (χ4n) is 5.23. The van der Waals surface area contributed by atoms with E-state index in [9.17, 15) is 22.8 Å². The number of carbonyl (C=O) groups excluding carboxylic acids is 2. The number of halogens is 4. The van der Waals surface area contributed by atoms with Crippen LogP contribution in [0.3, 0.4) is 0 Å². The van der Waals surface area contributed by atoms with E-state index >= 15 is 0 Å². The molecule has 192 valence electrons. The van der Waals surface area contributed by atoms with E-state index in [1.807, 2.05) is 12.1 Å². The number of alkyl halides is 3. The lowest BCUT2D eigenvalue weighted by Crippen LogP contribution is -2.47. The van der Waals surface area contributed by atoms with Crippen molar-refractivity contribution >= 4 is 40.6 Å². The van der Waals surface area contributed by atoms with Gasteiger partial charge in [0.1, 0.15) is 5.82 Å². The Balaban J connectivity index is 1.47. The van der Waals surface area contributed by atoms with E-state index in [1.165, 1.54) is 18.3 Å². The number of hydrogen-bond donors (Lipinski definition) is 1. The van der Waals surface area contributed by atoms with Gasteiger partial charge in [-0.25, -0.2) is 4.98 Å². The van der Waals surface area contributed by atoms with Crippen LogP contribution >= 0.6 is 11.6 Å². The van der Waals surface area contributed by atoms with Crippen molar-refractivity contribution in [2.24, 2.45) is 0 Å². The summed E-state index contributed by atoms with van der Waals surface area (Å²) in [7, 11) is 0. The maximum Gasteiger partial charge on any atom is 0.416 e. The Morgan fingerprint density at radius 3 is 2.51 bits per heavy atom. The third-order valence-electron chi connectivity index (χ3n) is 7.18. The molecule has 1 N–H and O–H groups in total. The van der Waals surface area contributed by atoms with E-state index in [2.05, 4.69) is 10.3 Å². The van der Waals surface area contributed by atoms with Crippen LogP contribution in [0.15, 0.2) is 60.8 Å². The Morgan fingerprint density at radius 2 is 1.81 bits per heavy atom. The molecule has 0 unspecified atom stereocenters. The third-order valence-corrected chi connectivity index (χ3v) is 7.42. The van der Waals surface area contributed by atoms with Crippen LogP contribution in [-0.2, 0) is 16.4 Å². The van der Waals surface area contributed by atoms with Crippen LogP contribution in [0.4, 0.5) is 30.4 Å². The van der Waals surface area contributed by atoms with E-state index in [0.29, 0.717) is 37.5 Å². The minimum Gasteiger partial charge on any atom is -0.343 e. The van der Waals surface area contributed by atoms with Crippen LogP contribution < -0.4 is 10.2 Å². The number of nitrogens with one attached hydrogen (secondary N) is 1. The van der Waals surface area contributed by atoms with Gasteiger partial charge in [-0.15, -0.1) is 0 Å². The van der Waals surface area contributed by atoms with Gasteiger partial charge in [0.2, 0.25) is 5.91 Å². The molecule has 0 aliphatic carbocycles. The average molecular weight is 529 g/mol. The Morgan fingerprint density at radius 1 is 1.05 bits per heavy atom. The van der Waals surface area contributed by atoms with Gasteiger partial charge >= 0.3 is 6.18 Å². The Bertz CT molecular complexity index is 1370. The number of aromatic nitrogens is 1. The molecule has 0 atom stereocenters. The molecule has 0 saturated carbocycles. The number of amides is 2. The molecule has 1 spiro atoms. The summed E-state index contributed by atoms with van der Waals surface area (Å²) in [4.78, 5) is 33.5. The van der Waals surface area contributed by atoms with Crippen LogP contribution in [0.5, 0.6) is 0 Å². The lowest BCUT2D eigenvalue weighted by Gasteiger charge is -2.39. The summed E-state index contributed by atoms with van der Waals surface area (Å²) in [6.45, 7) is 3.12. The number of pyridine rings is 1. The fraction of sp³-hybridized carbons (Fsp3) is 0.296. The van der Waals surface area contributed by atoms with Crippen LogP contribution in [0, 0.1) is 0 Å². The molecule has 3 aromatic rings. The molecule has 1 fully saturated rings. The molecule has 2 aliphatic rings. The number of benzene rings is 2. The number of rotatable bonds is 3. The molecule has 0 radical (unpaired) electrons. The number of hydrogen-bond acceptors (Lipinski definition) is 4. The predicted molar refractivity (Wildman–Crippen MR) is 135 cm³/mol. The second-order valence-corrected chi connectivity index (χ2v) is 9.88. The quantitative estimate of drug-likeness (QED) is 0.450. The van der Waals surface area contributed by atoms with Crippen molar-refractivity contribution in [3.63, 3.8) is 0 Å². The van der Waals surface area contributed by atoms with Crippen LogP contribution in [0.2, 0.25) is 5.02 Å². The third kappa shape index (κ3) is 4.75. The zero-order chi connectivity index (χ0) is 26.4. The number of carbonyl (C=O) groups is 2. The molecule has 2 aliphatic heterocycles. The van der Waals surface area contributed by atoms with Crippen LogP contribution in [-0.4, -0.2) is 41.3 Å². The van der Waals surface area contributed by atoms with E-state index in [4.69, 9.17) is 11.6 Å². The molecule has 37 heavy (non-hydrogen) atoms. The first-order chi connectivity index (χ1) is 17.6. The van der Waals surface area contributed by atoms with E-state index in [-0.39, 0.29) is 34.3 Å². The normalized spacial score (nSPS) is 16.6.